The van der Waals surface area contributed by atoms with Crippen LogP contribution in [0.1, 0.15) is 20.1 Å². The van der Waals surface area contributed by atoms with Crippen molar-refractivity contribution in [2.24, 2.45) is 0 Å². The average molecular weight is 397 g/mol. The van der Waals surface area contributed by atoms with Crippen molar-refractivity contribution in [3.05, 3.63) is 84.9 Å². The Hall–Kier alpha value is -2.97. The number of hydrogen-bond acceptors (Lipinski definition) is 5. The zero-order valence-corrected chi connectivity index (χ0v) is 15.8. The van der Waals surface area contributed by atoms with Crippen LogP contribution in [-0.4, -0.2) is 20.7 Å². The Morgan fingerprint density at radius 2 is 1.74 bits per heavy atom. The van der Waals surface area contributed by atoms with Crippen molar-refractivity contribution in [1.82, 2.24) is 9.88 Å². The number of nitro groups is 1. The molecule has 0 atom stereocenters. The number of nitrogens with one attached hydrogen (secondary N) is 1. The minimum atomic E-state index is -0.449. The second kappa shape index (κ2) is 7.34. The van der Waals surface area contributed by atoms with E-state index in [1.807, 2.05) is 35.0 Å². The Morgan fingerprint density at radius 3 is 2.30 bits per heavy atom. The third-order valence-corrected chi connectivity index (χ3v) is 5.97. The van der Waals surface area contributed by atoms with Crippen LogP contribution < -0.4 is 0 Å². The van der Waals surface area contributed by atoms with Gasteiger partial charge in [0.2, 0.25) is 0 Å². The normalized spacial score (nSPS) is 11.0. The van der Waals surface area contributed by atoms with Gasteiger partial charge in [-0.2, -0.15) is 0 Å². The first-order valence-electron chi connectivity index (χ1n) is 8.21. The van der Waals surface area contributed by atoms with E-state index >= 15 is 0 Å². The zero-order valence-electron chi connectivity index (χ0n) is 14.1. The predicted molar refractivity (Wildman–Crippen MR) is 107 cm³/mol. The van der Waals surface area contributed by atoms with Crippen molar-refractivity contribution in [3.63, 3.8) is 0 Å². The number of aromatic amines is 1. The third kappa shape index (κ3) is 3.62. The average Bonchev–Trinajstić information content (AvgIpc) is 3.42. The molecule has 0 unspecified atom stereocenters. The molecular weight excluding hydrogens is 382 g/mol. The lowest BCUT2D eigenvalue weighted by Crippen LogP contribution is -2.29. The highest BCUT2D eigenvalue weighted by Crippen LogP contribution is 2.26. The Balaban J connectivity index is 1.70. The van der Waals surface area contributed by atoms with E-state index in [1.54, 1.807) is 39.8 Å². The Kier molecular flexibility index (Phi) is 4.74. The maximum absolute atomic E-state index is 13.3. The molecule has 0 radical (unpaired) electrons. The number of non-ortho nitro benzene ring substituents is 1. The molecule has 4 aromatic rings. The molecule has 27 heavy (non-hydrogen) atoms. The van der Waals surface area contributed by atoms with Crippen LogP contribution in [0, 0.1) is 10.1 Å². The molecule has 3 heterocycles. The fourth-order valence-electron chi connectivity index (χ4n) is 2.95. The van der Waals surface area contributed by atoms with Gasteiger partial charge in [-0.15, -0.1) is 22.7 Å². The summed E-state index contributed by atoms with van der Waals surface area (Å²) in [6.07, 6.45) is 1.63. The van der Waals surface area contributed by atoms with E-state index in [9.17, 15) is 14.9 Å². The first kappa shape index (κ1) is 17.4. The van der Waals surface area contributed by atoms with Gasteiger partial charge in [0, 0.05) is 39.0 Å². The summed E-state index contributed by atoms with van der Waals surface area (Å²) in [4.78, 5) is 31.0. The van der Waals surface area contributed by atoms with Gasteiger partial charge in [0.25, 0.3) is 11.6 Å². The highest BCUT2D eigenvalue weighted by molar-refractivity contribution is 7.10. The van der Waals surface area contributed by atoms with Crippen LogP contribution in [0.4, 0.5) is 5.69 Å². The lowest BCUT2D eigenvalue weighted by atomic mass is 10.1. The molecule has 0 bridgehead atoms. The maximum atomic E-state index is 13.3. The zero-order chi connectivity index (χ0) is 18.8. The van der Waals surface area contributed by atoms with E-state index in [-0.39, 0.29) is 11.6 Å². The summed E-state index contributed by atoms with van der Waals surface area (Å²) < 4.78 is 0. The molecule has 0 aliphatic heterocycles. The molecule has 0 spiro atoms. The number of thiophene rings is 2. The monoisotopic (exact) mass is 397 g/mol. The molecule has 1 amide bonds. The van der Waals surface area contributed by atoms with Gasteiger partial charge in [-0.25, -0.2) is 0 Å². The second-order valence-corrected chi connectivity index (χ2v) is 8.07. The fourth-order valence-corrected chi connectivity index (χ4v) is 4.39. The molecule has 0 aliphatic carbocycles. The van der Waals surface area contributed by atoms with Crippen LogP contribution in [-0.2, 0) is 13.1 Å². The minimum absolute atomic E-state index is 0.0285. The highest BCUT2D eigenvalue weighted by Gasteiger charge is 2.22. The molecule has 0 saturated carbocycles. The predicted octanol–water partition coefficient (Wildman–Crippen LogP) is 5.04. The summed E-state index contributed by atoms with van der Waals surface area (Å²) in [6.45, 7) is 0.992. The first-order chi connectivity index (χ1) is 13.1. The number of nitrogens with zero attached hydrogens (tertiary/aromatic N) is 2. The number of aromatic nitrogens is 1. The van der Waals surface area contributed by atoms with E-state index in [0.717, 1.165) is 9.75 Å². The summed E-state index contributed by atoms with van der Waals surface area (Å²) in [5, 5.41) is 15.6. The van der Waals surface area contributed by atoms with Gasteiger partial charge in [0.15, 0.2) is 0 Å². The minimum Gasteiger partial charge on any atom is -0.360 e. The standard InChI is InChI=1S/C19H15N3O3S2/c23-19(17-10-20-18-6-5-13(22(24)25)9-16(17)18)21(11-14-3-1-7-26-14)12-15-4-2-8-27-15/h1-10,20H,11-12H2. The topological polar surface area (TPSA) is 79.2 Å². The van der Waals surface area contributed by atoms with Gasteiger partial charge in [0.05, 0.1) is 23.6 Å². The quantitative estimate of drug-likeness (QED) is 0.366. The molecule has 0 aliphatic rings. The van der Waals surface area contributed by atoms with Crippen molar-refractivity contribution in [2.75, 3.05) is 0 Å². The van der Waals surface area contributed by atoms with Gasteiger partial charge in [-0.1, -0.05) is 12.1 Å². The molecule has 136 valence electrons. The van der Waals surface area contributed by atoms with Crippen LogP contribution in [0.5, 0.6) is 0 Å². The van der Waals surface area contributed by atoms with Gasteiger partial charge in [-0.05, 0) is 29.0 Å². The van der Waals surface area contributed by atoms with E-state index in [1.165, 1.54) is 12.1 Å². The molecule has 8 heteroatoms. The molecule has 6 nitrogen and oxygen atoms in total. The summed E-state index contributed by atoms with van der Waals surface area (Å²) in [7, 11) is 0. The number of H-pyrrole nitrogens is 1. The Morgan fingerprint density at radius 1 is 1.07 bits per heavy atom. The van der Waals surface area contributed by atoms with E-state index < -0.39 is 4.92 Å². The number of benzene rings is 1. The van der Waals surface area contributed by atoms with Crippen molar-refractivity contribution in [2.45, 2.75) is 13.1 Å². The van der Waals surface area contributed by atoms with Gasteiger partial charge < -0.3 is 9.88 Å². The number of amides is 1. The third-order valence-electron chi connectivity index (χ3n) is 4.25. The molecular formula is C19H15N3O3S2. The van der Waals surface area contributed by atoms with Crippen LogP contribution >= 0.6 is 22.7 Å². The Bertz CT molecular complexity index is 1050. The molecule has 0 fully saturated rings. The Labute approximate surface area is 162 Å². The number of rotatable bonds is 6. The van der Waals surface area contributed by atoms with Crippen LogP contribution in [0.3, 0.4) is 0 Å². The van der Waals surface area contributed by atoms with Crippen molar-refractivity contribution in [1.29, 1.82) is 0 Å². The van der Waals surface area contributed by atoms with E-state index in [2.05, 4.69) is 4.98 Å². The summed E-state index contributed by atoms with van der Waals surface area (Å²) in [5.41, 5.74) is 1.12. The first-order valence-corrected chi connectivity index (χ1v) is 9.97. The highest BCUT2D eigenvalue weighted by atomic mass is 32.1. The molecule has 1 aromatic carbocycles. The fraction of sp³-hybridized carbons (Fsp3) is 0.105. The molecule has 4 rings (SSSR count). The summed E-state index contributed by atoms with van der Waals surface area (Å²) in [5.74, 6) is -0.149. The lowest BCUT2D eigenvalue weighted by molar-refractivity contribution is -0.384. The number of fused-ring (bicyclic) bond motifs is 1. The summed E-state index contributed by atoms with van der Waals surface area (Å²) >= 11 is 3.20. The second-order valence-electron chi connectivity index (χ2n) is 6.01. The molecule has 0 saturated heterocycles. The van der Waals surface area contributed by atoms with E-state index in [4.69, 9.17) is 0 Å². The number of hydrogen-bond donors (Lipinski definition) is 1. The SMILES string of the molecule is O=C(c1c[nH]c2ccc([N+](=O)[O-])cc12)N(Cc1cccs1)Cc1cccs1. The number of carbonyl (C=O) groups excluding carboxylic acids is 1. The van der Waals surface area contributed by atoms with Crippen molar-refractivity contribution < 1.29 is 9.72 Å². The molecule has 3 aromatic heterocycles. The maximum Gasteiger partial charge on any atom is 0.270 e. The smallest absolute Gasteiger partial charge is 0.270 e. The van der Waals surface area contributed by atoms with Crippen molar-refractivity contribution in [3.8, 4) is 0 Å². The number of carbonyl (C=O) groups is 1. The van der Waals surface area contributed by atoms with Crippen LogP contribution in [0.25, 0.3) is 10.9 Å². The van der Waals surface area contributed by atoms with Gasteiger partial charge in [-0.3, -0.25) is 14.9 Å². The lowest BCUT2D eigenvalue weighted by Gasteiger charge is -2.21. The number of nitro benzene ring substituents is 1. The van der Waals surface area contributed by atoms with Crippen LogP contribution in [0.15, 0.2) is 59.4 Å². The molecule has 1 N–H and O–H groups in total. The van der Waals surface area contributed by atoms with Crippen molar-refractivity contribution >= 4 is 45.2 Å². The van der Waals surface area contributed by atoms with Crippen LogP contribution in [0.2, 0.25) is 0 Å². The van der Waals surface area contributed by atoms with E-state index in [0.29, 0.717) is 29.6 Å². The largest absolute Gasteiger partial charge is 0.360 e. The summed E-state index contributed by atoms with van der Waals surface area (Å²) in [6, 6.07) is 12.4. The van der Waals surface area contributed by atoms with Gasteiger partial charge in [0.1, 0.15) is 0 Å². The van der Waals surface area contributed by atoms with Gasteiger partial charge >= 0.3 is 0 Å².